The van der Waals surface area contributed by atoms with Crippen molar-refractivity contribution in [2.45, 2.75) is 23.8 Å². The van der Waals surface area contributed by atoms with Crippen LogP contribution < -0.4 is 10.5 Å². The van der Waals surface area contributed by atoms with E-state index < -0.39 is 10.0 Å². The molecule has 0 aliphatic carbocycles. The minimum Gasteiger partial charge on any atom is -0.397 e. The molecule has 0 bridgehead atoms. The lowest BCUT2D eigenvalue weighted by Gasteiger charge is -2.22. The van der Waals surface area contributed by atoms with Crippen LogP contribution in [0.3, 0.4) is 0 Å². The van der Waals surface area contributed by atoms with Crippen LogP contribution in [0.15, 0.2) is 23.1 Å². The number of anilines is 1. The van der Waals surface area contributed by atoms with E-state index in [2.05, 4.69) is 4.72 Å². The zero-order valence-electron chi connectivity index (χ0n) is 9.73. The highest BCUT2D eigenvalue weighted by molar-refractivity contribution is 7.99. The molecule has 0 saturated carbocycles. The summed E-state index contributed by atoms with van der Waals surface area (Å²) >= 11 is 7.63. The summed E-state index contributed by atoms with van der Waals surface area (Å²) in [4.78, 5) is 0.169. The normalized spacial score (nSPS) is 17.8. The van der Waals surface area contributed by atoms with Crippen LogP contribution in [0.2, 0.25) is 5.02 Å². The Hall–Kier alpha value is -0.430. The van der Waals surface area contributed by atoms with Crippen molar-refractivity contribution in [1.82, 2.24) is 4.72 Å². The van der Waals surface area contributed by atoms with Crippen molar-refractivity contribution < 1.29 is 8.42 Å². The van der Waals surface area contributed by atoms with Gasteiger partial charge in [-0.3, -0.25) is 0 Å². The molecule has 1 aromatic carbocycles. The molecule has 1 fully saturated rings. The molecule has 0 radical (unpaired) electrons. The molecular weight excluding hydrogens is 292 g/mol. The fourth-order valence-corrected chi connectivity index (χ4v) is 4.36. The topological polar surface area (TPSA) is 72.2 Å². The highest BCUT2D eigenvalue weighted by atomic mass is 35.5. The average Bonchev–Trinajstić information content (AvgIpc) is 2.33. The Kier molecular flexibility index (Phi) is 4.42. The van der Waals surface area contributed by atoms with Crippen LogP contribution in [-0.2, 0) is 10.0 Å². The van der Waals surface area contributed by atoms with Crippen molar-refractivity contribution in [2.75, 3.05) is 17.2 Å². The van der Waals surface area contributed by atoms with Crippen molar-refractivity contribution in [1.29, 1.82) is 0 Å². The van der Waals surface area contributed by atoms with Gasteiger partial charge < -0.3 is 5.73 Å². The predicted molar refractivity (Wildman–Crippen MR) is 76.5 cm³/mol. The number of nitrogens with one attached hydrogen (secondary N) is 1. The van der Waals surface area contributed by atoms with Gasteiger partial charge in [0.2, 0.25) is 10.0 Å². The van der Waals surface area contributed by atoms with Crippen molar-refractivity contribution >= 4 is 39.1 Å². The molecule has 1 heterocycles. The molecule has 1 aromatic rings. The Morgan fingerprint density at radius 3 is 2.61 bits per heavy atom. The average molecular weight is 307 g/mol. The Bertz CT molecular complexity index is 528. The zero-order valence-corrected chi connectivity index (χ0v) is 12.1. The molecule has 100 valence electrons. The second kappa shape index (κ2) is 5.69. The molecule has 1 aliphatic heterocycles. The van der Waals surface area contributed by atoms with Gasteiger partial charge in [-0.1, -0.05) is 11.6 Å². The lowest BCUT2D eigenvalue weighted by Crippen LogP contribution is -2.37. The van der Waals surface area contributed by atoms with Crippen LogP contribution in [0.5, 0.6) is 0 Å². The maximum atomic E-state index is 12.1. The molecule has 0 atom stereocenters. The van der Waals surface area contributed by atoms with E-state index in [0.717, 1.165) is 24.3 Å². The lowest BCUT2D eigenvalue weighted by molar-refractivity contribution is 0.529. The molecule has 3 N–H and O–H groups in total. The first-order valence-corrected chi connectivity index (χ1v) is 8.66. The molecule has 0 amide bonds. The number of rotatable bonds is 3. The van der Waals surface area contributed by atoms with E-state index in [-0.39, 0.29) is 16.6 Å². The Balaban J connectivity index is 2.16. The smallest absolute Gasteiger partial charge is 0.240 e. The van der Waals surface area contributed by atoms with Gasteiger partial charge in [0.25, 0.3) is 0 Å². The van der Waals surface area contributed by atoms with E-state index in [4.69, 9.17) is 17.3 Å². The van der Waals surface area contributed by atoms with Crippen LogP contribution in [-0.4, -0.2) is 26.0 Å². The highest BCUT2D eigenvalue weighted by Gasteiger charge is 2.22. The van der Waals surface area contributed by atoms with Gasteiger partial charge in [0.05, 0.1) is 15.6 Å². The molecule has 2 rings (SSSR count). The molecule has 0 aromatic heterocycles. The summed E-state index contributed by atoms with van der Waals surface area (Å²) in [6.07, 6.45) is 1.74. The summed E-state index contributed by atoms with van der Waals surface area (Å²) in [7, 11) is -3.50. The van der Waals surface area contributed by atoms with Gasteiger partial charge in [-0.2, -0.15) is 11.8 Å². The molecular formula is C11H15ClN2O2S2. The first kappa shape index (κ1) is 14.0. The summed E-state index contributed by atoms with van der Waals surface area (Å²) in [5, 5.41) is 0.364. The number of sulfonamides is 1. The van der Waals surface area contributed by atoms with E-state index in [9.17, 15) is 8.42 Å². The van der Waals surface area contributed by atoms with Crippen molar-refractivity contribution in [3.05, 3.63) is 23.2 Å². The molecule has 0 spiro atoms. The standard InChI is InChI=1S/C11H15ClN2O2S2/c12-10-2-1-9(7-11(10)13)18(15,16)14-8-3-5-17-6-4-8/h1-2,7-8,14H,3-6,13H2. The van der Waals surface area contributed by atoms with Gasteiger partial charge >= 0.3 is 0 Å². The van der Waals surface area contributed by atoms with E-state index >= 15 is 0 Å². The fraction of sp³-hybridized carbons (Fsp3) is 0.455. The predicted octanol–water partition coefficient (Wildman–Crippen LogP) is 2.10. The fourth-order valence-electron chi connectivity index (χ4n) is 1.79. The third-order valence-corrected chi connectivity index (χ3v) is 5.73. The first-order valence-electron chi connectivity index (χ1n) is 5.64. The van der Waals surface area contributed by atoms with Crippen molar-refractivity contribution in [3.63, 3.8) is 0 Å². The van der Waals surface area contributed by atoms with E-state index in [1.807, 2.05) is 11.8 Å². The minimum atomic E-state index is -3.50. The van der Waals surface area contributed by atoms with Crippen LogP contribution in [0.1, 0.15) is 12.8 Å². The van der Waals surface area contributed by atoms with Gasteiger partial charge in [-0.05, 0) is 42.5 Å². The van der Waals surface area contributed by atoms with E-state index in [1.165, 1.54) is 18.2 Å². The first-order chi connectivity index (χ1) is 8.49. The van der Waals surface area contributed by atoms with E-state index in [1.54, 1.807) is 0 Å². The largest absolute Gasteiger partial charge is 0.397 e. The molecule has 18 heavy (non-hydrogen) atoms. The summed E-state index contributed by atoms with van der Waals surface area (Å²) < 4.78 is 27.0. The molecule has 4 nitrogen and oxygen atoms in total. The van der Waals surface area contributed by atoms with Gasteiger partial charge in [0.1, 0.15) is 0 Å². The Labute approximate surface area is 116 Å². The molecule has 1 aliphatic rings. The summed E-state index contributed by atoms with van der Waals surface area (Å²) in [5.74, 6) is 1.99. The Morgan fingerprint density at radius 2 is 2.00 bits per heavy atom. The van der Waals surface area contributed by atoms with Crippen LogP contribution in [0.4, 0.5) is 5.69 Å². The van der Waals surface area contributed by atoms with Crippen LogP contribution >= 0.6 is 23.4 Å². The monoisotopic (exact) mass is 306 g/mol. The number of benzene rings is 1. The Morgan fingerprint density at radius 1 is 1.33 bits per heavy atom. The van der Waals surface area contributed by atoms with Crippen LogP contribution in [0.25, 0.3) is 0 Å². The number of nitrogen functional groups attached to an aromatic ring is 1. The number of halogens is 1. The quantitative estimate of drug-likeness (QED) is 0.839. The van der Waals surface area contributed by atoms with Gasteiger partial charge in [0.15, 0.2) is 0 Å². The van der Waals surface area contributed by atoms with E-state index in [0.29, 0.717) is 5.02 Å². The van der Waals surface area contributed by atoms with Crippen molar-refractivity contribution in [3.8, 4) is 0 Å². The number of hydrogen-bond acceptors (Lipinski definition) is 4. The van der Waals surface area contributed by atoms with Crippen LogP contribution in [0, 0.1) is 0 Å². The number of hydrogen-bond donors (Lipinski definition) is 2. The minimum absolute atomic E-state index is 0.0214. The van der Waals surface area contributed by atoms with Crippen molar-refractivity contribution in [2.24, 2.45) is 0 Å². The second-order valence-corrected chi connectivity index (χ2v) is 7.54. The number of thioether (sulfide) groups is 1. The van der Waals surface area contributed by atoms with Gasteiger partial charge in [-0.15, -0.1) is 0 Å². The maximum Gasteiger partial charge on any atom is 0.240 e. The summed E-state index contributed by atoms with van der Waals surface area (Å²) in [6.45, 7) is 0. The van der Waals surface area contributed by atoms with Gasteiger partial charge in [-0.25, -0.2) is 13.1 Å². The second-order valence-electron chi connectivity index (χ2n) is 4.19. The third kappa shape index (κ3) is 3.32. The lowest BCUT2D eigenvalue weighted by atomic mass is 10.2. The summed E-state index contributed by atoms with van der Waals surface area (Å²) in [6, 6.07) is 4.39. The number of nitrogens with two attached hydrogens (primary N) is 1. The SMILES string of the molecule is Nc1cc(S(=O)(=O)NC2CCSCC2)ccc1Cl. The molecule has 0 unspecified atom stereocenters. The molecule has 1 saturated heterocycles. The zero-order chi connectivity index (χ0) is 13.2. The highest BCUT2D eigenvalue weighted by Crippen LogP contribution is 2.23. The summed E-state index contributed by atoms with van der Waals surface area (Å²) in [5.41, 5.74) is 5.90. The maximum absolute atomic E-state index is 12.1. The van der Waals surface area contributed by atoms with Gasteiger partial charge in [0, 0.05) is 6.04 Å². The third-order valence-electron chi connectivity index (χ3n) is 2.82. The molecule has 7 heteroatoms.